The lowest BCUT2D eigenvalue weighted by Gasteiger charge is -2.47. The van der Waals surface area contributed by atoms with Crippen molar-refractivity contribution in [3.63, 3.8) is 0 Å². The largest absolute Gasteiger partial charge is 0.497 e. The van der Waals surface area contributed by atoms with Gasteiger partial charge in [-0.25, -0.2) is 9.38 Å². The summed E-state index contributed by atoms with van der Waals surface area (Å²) in [5.41, 5.74) is 3.20. The lowest BCUT2D eigenvalue weighted by Crippen LogP contribution is -2.48. The molecule has 2 aromatic carbocycles. The van der Waals surface area contributed by atoms with Gasteiger partial charge in [0, 0.05) is 23.3 Å². The second-order valence-electron chi connectivity index (χ2n) is 9.18. The van der Waals surface area contributed by atoms with Crippen LogP contribution in [0.5, 0.6) is 5.75 Å². The number of hydrogen-bond acceptors (Lipinski definition) is 5. The van der Waals surface area contributed by atoms with Crippen LogP contribution in [0.4, 0.5) is 15.8 Å². The SMILES string of the molecule is CCCN1c2cc(F)c(/C=C3/SC(=Nc4ccc(OC)cc4)NC3=O)cc2C(C)CC1(C)C. The Bertz CT molecular complexity index is 1130. The number of amidine groups is 1. The van der Waals surface area contributed by atoms with Crippen LogP contribution in [0.25, 0.3) is 6.08 Å². The fraction of sp³-hybridized carbons (Fsp3) is 0.385. The van der Waals surface area contributed by atoms with Crippen LogP contribution in [0.2, 0.25) is 0 Å². The van der Waals surface area contributed by atoms with E-state index in [1.165, 1.54) is 11.8 Å². The average molecular weight is 468 g/mol. The molecule has 1 amide bonds. The minimum Gasteiger partial charge on any atom is -0.497 e. The van der Waals surface area contributed by atoms with Gasteiger partial charge in [-0.15, -0.1) is 0 Å². The molecule has 2 aromatic rings. The zero-order valence-electron chi connectivity index (χ0n) is 19.7. The van der Waals surface area contributed by atoms with Crippen molar-refractivity contribution in [2.75, 3.05) is 18.6 Å². The summed E-state index contributed by atoms with van der Waals surface area (Å²) in [7, 11) is 1.60. The van der Waals surface area contributed by atoms with Crippen molar-refractivity contribution in [3.05, 3.63) is 58.2 Å². The average Bonchev–Trinajstić information content (AvgIpc) is 3.11. The number of carbonyl (C=O) groups excluding carboxylic acids is 1. The Balaban J connectivity index is 1.63. The van der Waals surface area contributed by atoms with Crippen molar-refractivity contribution >= 4 is 40.3 Å². The van der Waals surface area contributed by atoms with Crippen molar-refractivity contribution in [1.82, 2.24) is 5.32 Å². The van der Waals surface area contributed by atoms with Crippen LogP contribution in [-0.2, 0) is 4.79 Å². The van der Waals surface area contributed by atoms with E-state index in [0.29, 0.717) is 27.2 Å². The van der Waals surface area contributed by atoms with E-state index in [0.717, 1.165) is 36.4 Å². The first-order chi connectivity index (χ1) is 15.7. The van der Waals surface area contributed by atoms with Crippen LogP contribution < -0.4 is 15.0 Å². The lowest BCUT2D eigenvalue weighted by molar-refractivity contribution is -0.115. The van der Waals surface area contributed by atoms with Gasteiger partial charge in [-0.2, -0.15) is 0 Å². The van der Waals surface area contributed by atoms with E-state index in [1.54, 1.807) is 19.3 Å². The number of rotatable bonds is 5. The molecule has 2 heterocycles. The molecule has 0 aliphatic carbocycles. The standard InChI is InChI=1S/C26H30FN3O2S/c1-6-11-30-22-14-21(27)17(12-20(22)16(2)15-26(30,3)4)13-23-24(31)29-25(33-23)28-18-7-9-19(32-5)10-8-18/h7-10,12-14,16H,6,11,15H2,1-5H3,(H,28,29,31)/b23-13+. The van der Waals surface area contributed by atoms with Crippen molar-refractivity contribution in [2.45, 2.75) is 52.0 Å². The van der Waals surface area contributed by atoms with E-state index < -0.39 is 0 Å². The van der Waals surface area contributed by atoms with Crippen molar-refractivity contribution in [3.8, 4) is 5.75 Å². The second kappa shape index (κ2) is 9.21. The Morgan fingerprint density at radius 1 is 1.30 bits per heavy atom. The molecule has 0 spiro atoms. The molecule has 0 saturated carbocycles. The van der Waals surface area contributed by atoms with Gasteiger partial charge in [0.15, 0.2) is 5.17 Å². The van der Waals surface area contributed by atoms with Gasteiger partial charge >= 0.3 is 0 Å². The number of nitrogens with zero attached hydrogens (tertiary/aromatic N) is 2. The Kier molecular flexibility index (Phi) is 6.52. The monoisotopic (exact) mass is 467 g/mol. The van der Waals surface area contributed by atoms with Gasteiger partial charge in [0.05, 0.1) is 17.7 Å². The number of halogens is 1. The highest BCUT2D eigenvalue weighted by atomic mass is 32.2. The van der Waals surface area contributed by atoms with Gasteiger partial charge < -0.3 is 15.0 Å². The predicted molar refractivity (Wildman–Crippen MR) is 135 cm³/mol. The molecule has 7 heteroatoms. The molecule has 1 unspecified atom stereocenters. The zero-order valence-corrected chi connectivity index (χ0v) is 20.6. The Hall–Kier alpha value is -2.80. The first kappa shape index (κ1) is 23.4. The summed E-state index contributed by atoms with van der Waals surface area (Å²) in [5, 5.41) is 3.24. The molecule has 2 aliphatic rings. The number of ether oxygens (including phenoxy) is 1. The van der Waals surface area contributed by atoms with Gasteiger partial charge in [0.25, 0.3) is 5.91 Å². The molecule has 33 heavy (non-hydrogen) atoms. The molecular formula is C26H30FN3O2S. The molecule has 1 N–H and O–H groups in total. The third-order valence-corrected chi connectivity index (χ3v) is 7.10. The number of hydrogen-bond donors (Lipinski definition) is 1. The predicted octanol–water partition coefficient (Wildman–Crippen LogP) is 6.23. The topological polar surface area (TPSA) is 53.9 Å². The minimum atomic E-state index is -0.318. The molecular weight excluding hydrogens is 437 g/mol. The quantitative estimate of drug-likeness (QED) is 0.530. The fourth-order valence-corrected chi connectivity index (χ4v) is 5.51. The van der Waals surface area contributed by atoms with Crippen molar-refractivity contribution < 1.29 is 13.9 Å². The number of fused-ring (bicyclic) bond motifs is 1. The summed E-state index contributed by atoms with van der Waals surface area (Å²) in [5.74, 6) is 0.450. The van der Waals surface area contributed by atoms with Gasteiger partial charge in [-0.3, -0.25) is 4.79 Å². The first-order valence-corrected chi connectivity index (χ1v) is 12.1. The number of methoxy groups -OCH3 is 1. The summed E-state index contributed by atoms with van der Waals surface area (Å²) in [6, 6.07) is 10.8. The number of aliphatic imine (C=N–C) groups is 1. The second-order valence-corrected chi connectivity index (χ2v) is 10.2. The molecule has 0 bridgehead atoms. The number of anilines is 1. The van der Waals surface area contributed by atoms with Gasteiger partial charge in [0.1, 0.15) is 11.6 Å². The van der Waals surface area contributed by atoms with Crippen LogP contribution in [0.15, 0.2) is 46.3 Å². The van der Waals surface area contributed by atoms with E-state index in [4.69, 9.17) is 4.74 Å². The smallest absolute Gasteiger partial charge is 0.264 e. The summed E-state index contributed by atoms with van der Waals surface area (Å²) >= 11 is 1.22. The van der Waals surface area contributed by atoms with E-state index in [-0.39, 0.29) is 17.3 Å². The Morgan fingerprint density at radius 2 is 2.03 bits per heavy atom. The fourth-order valence-electron chi connectivity index (χ4n) is 4.67. The van der Waals surface area contributed by atoms with E-state index in [2.05, 4.69) is 42.9 Å². The molecule has 0 radical (unpaired) electrons. The lowest BCUT2D eigenvalue weighted by atomic mass is 9.79. The Labute approximate surface area is 199 Å². The van der Waals surface area contributed by atoms with Crippen molar-refractivity contribution in [2.24, 2.45) is 4.99 Å². The molecule has 1 fully saturated rings. The molecule has 1 saturated heterocycles. The van der Waals surface area contributed by atoms with Crippen LogP contribution in [0.3, 0.4) is 0 Å². The van der Waals surface area contributed by atoms with E-state index in [1.807, 2.05) is 30.3 Å². The van der Waals surface area contributed by atoms with E-state index >= 15 is 4.39 Å². The maximum atomic E-state index is 15.2. The number of benzene rings is 2. The number of amides is 1. The van der Waals surface area contributed by atoms with Gasteiger partial charge in [-0.1, -0.05) is 13.8 Å². The summed E-state index contributed by atoms with van der Waals surface area (Å²) < 4.78 is 20.4. The van der Waals surface area contributed by atoms with Gasteiger partial charge in [0.2, 0.25) is 0 Å². The molecule has 174 valence electrons. The van der Waals surface area contributed by atoms with Crippen LogP contribution in [0.1, 0.15) is 57.6 Å². The number of thioether (sulfide) groups is 1. The summed E-state index contributed by atoms with van der Waals surface area (Å²) in [6.07, 6.45) is 3.62. The molecule has 1 atom stereocenters. The van der Waals surface area contributed by atoms with Crippen LogP contribution in [-0.4, -0.2) is 30.3 Å². The highest BCUT2D eigenvalue weighted by Crippen LogP contribution is 2.44. The maximum absolute atomic E-state index is 15.2. The molecule has 0 aromatic heterocycles. The summed E-state index contributed by atoms with van der Waals surface area (Å²) in [4.78, 5) is 19.8. The first-order valence-electron chi connectivity index (χ1n) is 11.3. The third kappa shape index (κ3) is 4.78. The number of nitrogens with one attached hydrogen (secondary N) is 1. The Morgan fingerprint density at radius 3 is 2.70 bits per heavy atom. The minimum absolute atomic E-state index is 0.0249. The maximum Gasteiger partial charge on any atom is 0.264 e. The normalized spacial score (nSPS) is 21.9. The molecule has 2 aliphatic heterocycles. The van der Waals surface area contributed by atoms with Crippen LogP contribution in [0, 0.1) is 5.82 Å². The highest BCUT2D eigenvalue weighted by molar-refractivity contribution is 8.18. The van der Waals surface area contributed by atoms with Gasteiger partial charge in [-0.05, 0) is 92.4 Å². The molecule has 4 rings (SSSR count). The highest BCUT2D eigenvalue weighted by Gasteiger charge is 2.36. The summed E-state index contributed by atoms with van der Waals surface area (Å²) in [6.45, 7) is 9.66. The van der Waals surface area contributed by atoms with E-state index in [9.17, 15) is 4.79 Å². The molecule has 5 nitrogen and oxygen atoms in total. The third-order valence-electron chi connectivity index (χ3n) is 6.19. The van der Waals surface area contributed by atoms with Crippen LogP contribution >= 0.6 is 11.8 Å². The van der Waals surface area contributed by atoms with Crippen molar-refractivity contribution in [1.29, 1.82) is 0 Å². The zero-order chi connectivity index (χ0) is 23.8. The number of carbonyl (C=O) groups is 1.